The van der Waals surface area contributed by atoms with Gasteiger partial charge in [0.1, 0.15) is 0 Å². The van der Waals surface area contributed by atoms with Crippen LogP contribution in [0.1, 0.15) is 17.5 Å². The van der Waals surface area contributed by atoms with E-state index in [1.54, 1.807) is 7.05 Å². The molecule has 0 unspecified atom stereocenters. The molecule has 3 heteroatoms. The fraction of sp³-hybridized carbons (Fsp3) is 0.417. The molecule has 1 aliphatic rings. The topological polar surface area (TPSA) is 41.1 Å². The van der Waals surface area contributed by atoms with Gasteiger partial charge in [-0.15, -0.1) is 0 Å². The van der Waals surface area contributed by atoms with Crippen LogP contribution < -0.4 is 10.6 Å². The second-order valence-corrected chi connectivity index (χ2v) is 3.80. The molecule has 1 aromatic carbocycles. The average molecular weight is 204 g/mol. The Balaban J connectivity index is 2.09. The average Bonchev–Trinajstić information content (AvgIpc) is 2.74. The number of fused-ring (bicyclic) bond motifs is 1. The highest BCUT2D eigenvalue weighted by Crippen LogP contribution is 2.27. The number of amides is 1. The molecule has 15 heavy (non-hydrogen) atoms. The van der Waals surface area contributed by atoms with Crippen molar-refractivity contribution >= 4 is 11.6 Å². The standard InChI is InChI=1S/C12H16N2O/c1-13-11(15)6-5-9-3-2-4-10-7-8-14-12(9)10/h2-4,14H,5-8H2,1H3,(H,13,15). The van der Waals surface area contributed by atoms with Gasteiger partial charge in [-0.1, -0.05) is 18.2 Å². The molecule has 1 heterocycles. The van der Waals surface area contributed by atoms with Gasteiger partial charge in [-0.3, -0.25) is 4.79 Å². The summed E-state index contributed by atoms with van der Waals surface area (Å²) in [6.07, 6.45) is 2.48. The number of hydrogen-bond acceptors (Lipinski definition) is 2. The van der Waals surface area contributed by atoms with E-state index in [0.29, 0.717) is 6.42 Å². The molecule has 0 radical (unpaired) electrons. The predicted molar refractivity (Wildman–Crippen MR) is 61.0 cm³/mol. The molecule has 2 rings (SSSR count). The van der Waals surface area contributed by atoms with Gasteiger partial charge in [-0.25, -0.2) is 0 Å². The van der Waals surface area contributed by atoms with Gasteiger partial charge >= 0.3 is 0 Å². The number of rotatable bonds is 3. The van der Waals surface area contributed by atoms with Crippen molar-refractivity contribution in [3.05, 3.63) is 29.3 Å². The first-order valence-corrected chi connectivity index (χ1v) is 5.36. The Labute approximate surface area is 89.9 Å². The van der Waals surface area contributed by atoms with Crippen LogP contribution in [0.2, 0.25) is 0 Å². The van der Waals surface area contributed by atoms with Crippen molar-refractivity contribution in [2.45, 2.75) is 19.3 Å². The summed E-state index contributed by atoms with van der Waals surface area (Å²) in [6, 6.07) is 6.32. The number of aryl methyl sites for hydroxylation is 1. The predicted octanol–water partition coefficient (Wildman–Crippen LogP) is 1.33. The molecule has 1 amide bonds. The second-order valence-electron chi connectivity index (χ2n) is 3.80. The quantitative estimate of drug-likeness (QED) is 0.780. The minimum absolute atomic E-state index is 0.102. The molecule has 0 fully saturated rings. The van der Waals surface area contributed by atoms with Crippen molar-refractivity contribution in [3.8, 4) is 0 Å². The summed E-state index contributed by atoms with van der Waals surface area (Å²) >= 11 is 0. The third-order valence-corrected chi connectivity index (χ3v) is 2.83. The summed E-state index contributed by atoms with van der Waals surface area (Å²) in [7, 11) is 1.68. The van der Waals surface area contributed by atoms with Crippen LogP contribution in [0.5, 0.6) is 0 Å². The number of nitrogens with one attached hydrogen (secondary N) is 2. The molecule has 3 nitrogen and oxygen atoms in total. The normalized spacial score (nSPS) is 13.1. The highest BCUT2D eigenvalue weighted by Gasteiger charge is 2.13. The maximum absolute atomic E-state index is 11.2. The van der Waals surface area contributed by atoms with Crippen LogP contribution in [0.4, 0.5) is 5.69 Å². The minimum Gasteiger partial charge on any atom is -0.384 e. The van der Waals surface area contributed by atoms with Gasteiger partial charge in [0.25, 0.3) is 0 Å². The van der Waals surface area contributed by atoms with Crippen LogP contribution in [0, 0.1) is 0 Å². The smallest absolute Gasteiger partial charge is 0.220 e. The van der Waals surface area contributed by atoms with Gasteiger partial charge < -0.3 is 10.6 Å². The summed E-state index contributed by atoms with van der Waals surface area (Å²) in [5.74, 6) is 0.102. The minimum atomic E-state index is 0.102. The van der Waals surface area contributed by atoms with Gasteiger partial charge in [0.05, 0.1) is 0 Å². The molecule has 0 saturated carbocycles. The Kier molecular flexibility index (Phi) is 2.90. The Bertz CT molecular complexity index is 374. The molecular weight excluding hydrogens is 188 g/mol. The molecule has 1 aliphatic heterocycles. The van der Waals surface area contributed by atoms with E-state index in [9.17, 15) is 4.79 Å². The zero-order chi connectivity index (χ0) is 10.7. The highest BCUT2D eigenvalue weighted by atomic mass is 16.1. The van der Waals surface area contributed by atoms with Crippen molar-refractivity contribution in [1.82, 2.24) is 5.32 Å². The molecule has 0 saturated heterocycles. The Hall–Kier alpha value is -1.51. The highest BCUT2D eigenvalue weighted by molar-refractivity contribution is 5.76. The van der Waals surface area contributed by atoms with Crippen molar-refractivity contribution in [1.29, 1.82) is 0 Å². The molecule has 0 atom stereocenters. The van der Waals surface area contributed by atoms with Crippen LogP contribution >= 0.6 is 0 Å². The lowest BCUT2D eigenvalue weighted by atomic mass is 10.0. The summed E-state index contributed by atoms with van der Waals surface area (Å²) in [4.78, 5) is 11.2. The van der Waals surface area contributed by atoms with Gasteiger partial charge in [0, 0.05) is 25.7 Å². The number of anilines is 1. The zero-order valence-electron chi connectivity index (χ0n) is 8.97. The molecule has 0 aliphatic carbocycles. The van der Waals surface area contributed by atoms with E-state index in [1.807, 2.05) is 0 Å². The maximum Gasteiger partial charge on any atom is 0.220 e. The third kappa shape index (κ3) is 2.12. The Morgan fingerprint density at radius 1 is 1.53 bits per heavy atom. The van der Waals surface area contributed by atoms with E-state index in [1.165, 1.54) is 16.8 Å². The van der Waals surface area contributed by atoms with Crippen LogP contribution in [-0.2, 0) is 17.6 Å². The lowest BCUT2D eigenvalue weighted by molar-refractivity contribution is -0.120. The number of benzene rings is 1. The van der Waals surface area contributed by atoms with Crippen molar-refractivity contribution in [2.75, 3.05) is 18.9 Å². The molecule has 0 aromatic heterocycles. The van der Waals surface area contributed by atoms with Gasteiger partial charge in [0.2, 0.25) is 5.91 Å². The fourth-order valence-corrected chi connectivity index (χ4v) is 1.99. The van der Waals surface area contributed by atoms with Crippen molar-refractivity contribution in [3.63, 3.8) is 0 Å². The molecular formula is C12H16N2O. The van der Waals surface area contributed by atoms with E-state index in [4.69, 9.17) is 0 Å². The van der Waals surface area contributed by atoms with Crippen LogP contribution in [0.3, 0.4) is 0 Å². The zero-order valence-corrected chi connectivity index (χ0v) is 8.97. The summed E-state index contributed by atoms with van der Waals surface area (Å²) < 4.78 is 0. The first kappa shape index (κ1) is 10.0. The molecule has 1 aromatic rings. The lowest BCUT2D eigenvalue weighted by Gasteiger charge is -2.07. The number of carbonyl (C=O) groups is 1. The first-order valence-electron chi connectivity index (χ1n) is 5.36. The molecule has 0 bridgehead atoms. The van der Waals surface area contributed by atoms with E-state index in [0.717, 1.165) is 19.4 Å². The first-order chi connectivity index (χ1) is 7.31. The van der Waals surface area contributed by atoms with Gasteiger partial charge in [-0.2, -0.15) is 0 Å². The SMILES string of the molecule is CNC(=O)CCc1cccc2c1NCC2. The van der Waals surface area contributed by atoms with E-state index >= 15 is 0 Å². The number of hydrogen-bond donors (Lipinski definition) is 2. The van der Waals surface area contributed by atoms with Crippen LogP contribution in [-0.4, -0.2) is 19.5 Å². The molecule has 0 spiro atoms. The number of carbonyl (C=O) groups excluding carboxylic acids is 1. The number of para-hydroxylation sites is 1. The van der Waals surface area contributed by atoms with Gasteiger partial charge in [-0.05, 0) is 24.0 Å². The van der Waals surface area contributed by atoms with E-state index in [2.05, 4.69) is 28.8 Å². The van der Waals surface area contributed by atoms with Crippen LogP contribution in [0.15, 0.2) is 18.2 Å². The summed E-state index contributed by atoms with van der Waals surface area (Å²) in [5, 5.41) is 6.02. The Morgan fingerprint density at radius 3 is 3.20 bits per heavy atom. The second kappa shape index (κ2) is 4.34. The largest absolute Gasteiger partial charge is 0.384 e. The fourth-order valence-electron chi connectivity index (χ4n) is 1.99. The van der Waals surface area contributed by atoms with Crippen LogP contribution in [0.25, 0.3) is 0 Å². The van der Waals surface area contributed by atoms with E-state index < -0.39 is 0 Å². The summed E-state index contributed by atoms with van der Waals surface area (Å²) in [6.45, 7) is 1.02. The van der Waals surface area contributed by atoms with Crippen molar-refractivity contribution < 1.29 is 4.79 Å². The van der Waals surface area contributed by atoms with Gasteiger partial charge in [0.15, 0.2) is 0 Å². The maximum atomic E-state index is 11.2. The van der Waals surface area contributed by atoms with Crippen molar-refractivity contribution in [2.24, 2.45) is 0 Å². The summed E-state index contributed by atoms with van der Waals surface area (Å²) in [5.41, 5.74) is 3.89. The monoisotopic (exact) mass is 204 g/mol. The lowest BCUT2D eigenvalue weighted by Crippen LogP contribution is -2.18. The van der Waals surface area contributed by atoms with E-state index in [-0.39, 0.29) is 5.91 Å². The molecule has 80 valence electrons. The molecule has 2 N–H and O–H groups in total. The third-order valence-electron chi connectivity index (χ3n) is 2.83. The Morgan fingerprint density at radius 2 is 2.40 bits per heavy atom.